The lowest BCUT2D eigenvalue weighted by atomic mass is 10.00. The molecule has 0 unspecified atom stereocenters. The van der Waals surface area contributed by atoms with Crippen LogP contribution in [-0.2, 0) is 17.7 Å². The number of hydrogen-bond acceptors (Lipinski definition) is 5. The molecule has 0 saturated carbocycles. The Morgan fingerprint density at radius 2 is 1.50 bits per heavy atom. The number of nitrogens with zero attached hydrogens (tertiary/aromatic N) is 2. The molecule has 6 heteroatoms. The second-order valence-electron chi connectivity index (χ2n) is 7.74. The Morgan fingerprint density at radius 1 is 0.967 bits per heavy atom. The third kappa shape index (κ3) is 7.33. The smallest absolute Gasteiger partial charge is 0.408 e. The minimum Gasteiger partial charge on any atom is -0.444 e. The second-order valence-corrected chi connectivity index (χ2v) is 7.74. The molecule has 0 aliphatic carbocycles. The van der Waals surface area contributed by atoms with Gasteiger partial charge in [0.05, 0.1) is 11.7 Å². The van der Waals surface area contributed by atoms with Crippen LogP contribution in [-0.4, -0.2) is 17.7 Å². The molecule has 2 aromatic carbocycles. The summed E-state index contributed by atoms with van der Waals surface area (Å²) in [6, 6.07) is 22.4. The van der Waals surface area contributed by atoms with E-state index in [9.17, 15) is 15.3 Å². The highest BCUT2D eigenvalue weighted by Gasteiger charge is 2.25. The molecule has 1 amide bonds. The van der Waals surface area contributed by atoms with Crippen molar-refractivity contribution in [2.24, 2.45) is 0 Å². The van der Waals surface area contributed by atoms with Gasteiger partial charge in [-0.3, -0.25) is 0 Å². The second kappa shape index (κ2) is 10.7. The molecule has 6 nitrogen and oxygen atoms in total. The summed E-state index contributed by atoms with van der Waals surface area (Å²) in [6.45, 7) is 5.74. The molecule has 0 saturated heterocycles. The van der Waals surface area contributed by atoms with Crippen LogP contribution >= 0.6 is 0 Å². The molecular weight excluding hydrogens is 376 g/mol. The first-order valence-electron chi connectivity index (χ1n) is 9.68. The van der Waals surface area contributed by atoms with Crippen LogP contribution < -0.4 is 10.6 Å². The molecule has 0 spiro atoms. The van der Waals surface area contributed by atoms with Crippen molar-refractivity contribution in [1.29, 1.82) is 10.5 Å². The van der Waals surface area contributed by atoms with Gasteiger partial charge in [-0.05, 0) is 38.3 Å². The van der Waals surface area contributed by atoms with Gasteiger partial charge in [-0.25, -0.2) is 4.79 Å². The van der Waals surface area contributed by atoms with E-state index in [0.29, 0.717) is 18.7 Å². The fraction of sp³-hybridized carbons (Fsp3) is 0.292. The fourth-order valence-corrected chi connectivity index (χ4v) is 2.85. The summed E-state index contributed by atoms with van der Waals surface area (Å²) >= 11 is 0. The van der Waals surface area contributed by atoms with E-state index >= 15 is 0 Å². The van der Waals surface area contributed by atoms with E-state index in [0.717, 1.165) is 11.1 Å². The van der Waals surface area contributed by atoms with Crippen molar-refractivity contribution in [3.05, 3.63) is 83.1 Å². The molecule has 2 N–H and O–H groups in total. The summed E-state index contributed by atoms with van der Waals surface area (Å²) < 4.78 is 5.40. The largest absolute Gasteiger partial charge is 0.444 e. The standard InChI is InChI=1S/C24H26N4O2/c1-24(2,3)30-23(29)28-21(14-18-10-6-4-7-11-18)22(20(15-25)16-26)27-17-19-12-8-5-9-13-19/h4-13,21,27H,14,17H2,1-3H3,(H,28,29)/t21-/m0/s1. The van der Waals surface area contributed by atoms with Gasteiger partial charge in [-0.15, -0.1) is 0 Å². The predicted molar refractivity (Wildman–Crippen MR) is 115 cm³/mol. The summed E-state index contributed by atoms with van der Waals surface area (Å²) in [5, 5.41) is 25.0. The van der Waals surface area contributed by atoms with Crippen LogP contribution in [0.1, 0.15) is 31.9 Å². The average Bonchev–Trinajstić information content (AvgIpc) is 2.71. The van der Waals surface area contributed by atoms with Crippen LogP contribution in [0, 0.1) is 22.7 Å². The first-order valence-corrected chi connectivity index (χ1v) is 9.68. The van der Waals surface area contributed by atoms with E-state index in [4.69, 9.17) is 4.74 Å². The van der Waals surface area contributed by atoms with Crippen molar-refractivity contribution >= 4 is 6.09 Å². The molecule has 0 aromatic heterocycles. The number of allylic oxidation sites excluding steroid dienone is 1. The third-order valence-corrected chi connectivity index (χ3v) is 4.14. The fourth-order valence-electron chi connectivity index (χ4n) is 2.85. The van der Waals surface area contributed by atoms with E-state index < -0.39 is 17.7 Å². The molecular formula is C24H26N4O2. The summed E-state index contributed by atoms with van der Waals surface area (Å²) in [6.07, 6.45) is -0.220. The zero-order chi connectivity index (χ0) is 22.0. The Hall–Kier alpha value is -3.77. The number of alkyl carbamates (subject to hydrolysis) is 1. The van der Waals surface area contributed by atoms with Crippen molar-refractivity contribution in [3.8, 4) is 12.1 Å². The van der Waals surface area contributed by atoms with Gasteiger partial charge in [0, 0.05) is 6.54 Å². The van der Waals surface area contributed by atoms with E-state index in [1.54, 1.807) is 20.8 Å². The topological polar surface area (TPSA) is 97.9 Å². The van der Waals surface area contributed by atoms with Gasteiger partial charge in [0.15, 0.2) is 5.57 Å². The lowest BCUT2D eigenvalue weighted by molar-refractivity contribution is 0.0510. The van der Waals surface area contributed by atoms with Crippen LogP contribution in [0.2, 0.25) is 0 Å². The Kier molecular flexibility index (Phi) is 8.02. The zero-order valence-corrected chi connectivity index (χ0v) is 17.5. The molecule has 0 bridgehead atoms. The molecule has 2 rings (SSSR count). The lowest BCUT2D eigenvalue weighted by Gasteiger charge is -2.26. The molecule has 0 aliphatic heterocycles. The van der Waals surface area contributed by atoms with Crippen molar-refractivity contribution in [2.45, 2.75) is 45.4 Å². The highest BCUT2D eigenvalue weighted by Crippen LogP contribution is 2.15. The Balaban J connectivity index is 2.35. The van der Waals surface area contributed by atoms with Crippen molar-refractivity contribution in [3.63, 3.8) is 0 Å². The highest BCUT2D eigenvalue weighted by atomic mass is 16.6. The minimum absolute atomic E-state index is 0.0806. The summed E-state index contributed by atoms with van der Waals surface area (Å²) in [5.41, 5.74) is 1.55. The Morgan fingerprint density at radius 3 is 2.00 bits per heavy atom. The molecule has 30 heavy (non-hydrogen) atoms. The molecule has 2 aromatic rings. The number of amides is 1. The van der Waals surface area contributed by atoms with Gasteiger partial charge < -0.3 is 15.4 Å². The lowest BCUT2D eigenvalue weighted by Crippen LogP contribution is -2.44. The minimum atomic E-state index is -0.671. The molecule has 154 valence electrons. The summed E-state index contributed by atoms with van der Waals surface area (Å²) in [5.74, 6) is 0. The number of ether oxygens (including phenoxy) is 1. The number of nitriles is 2. The summed E-state index contributed by atoms with van der Waals surface area (Å²) in [7, 11) is 0. The normalized spacial score (nSPS) is 11.4. The first-order chi connectivity index (χ1) is 14.3. The molecule has 1 atom stereocenters. The third-order valence-electron chi connectivity index (χ3n) is 4.14. The Bertz CT molecular complexity index is 933. The van der Waals surface area contributed by atoms with Gasteiger partial charge in [0.2, 0.25) is 0 Å². The Labute approximate surface area is 177 Å². The van der Waals surface area contributed by atoms with Crippen LogP contribution in [0.5, 0.6) is 0 Å². The maximum absolute atomic E-state index is 12.5. The number of carbonyl (C=O) groups is 1. The number of rotatable bonds is 7. The van der Waals surface area contributed by atoms with Crippen LogP contribution in [0.15, 0.2) is 71.9 Å². The van der Waals surface area contributed by atoms with Crippen LogP contribution in [0.25, 0.3) is 0 Å². The maximum atomic E-state index is 12.5. The average molecular weight is 402 g/mol. The number of hydrogen-bond donors (Lipinski definition) is 2. The molecule has 0 aliphatic rings. The van der Waals surface area contributed by atoms with Crippen molar-refractivity contribution in [1.82, 2.24) is 10.6 Å². The van der Waals surface area contributed by atoms with Crippen LogP contribution in [0.4, 0.5) is 4.79 Å². The maximum Gasteiger partial charge on any atom is 0.408 e. The van der Waals surface area contributed by atoms with Crippen molar-refractivity contribution < 1.29 is 9.53 Å². The van der Waals surface area contributed by atoms with Gasteiger partial charge in [0.25, 0.3) is 0 Å². The SMILES string of the molecule is CC(C)(C)OC(=O)N[C@@H](Cc1ccccc1)C(NCc1ccccc1)=C(C#N)C#N. The van der Waals surface area contributed by atoms with Gasteiger partial charge >= 0.3 is 6.09 Å². The number of nitrogens with one attached hydrogen (secondary N) is 2. The van der Waals surface area contributed by atoms with Crippen molar-refractivity contribution in [2.75, 3.05) is 0 Å². The molecule has 0 radical (unpaired) electrons. The van der Waals surface area contributed by atoms with E-state index in [1.807, 2.05) is 72.8 Å². The van der Waals surface area contributed by atoms with Gasteiger partial charge in [-0.2, -0.15) is 10.5 Å². The number of benzene rings is 2. The quantitative estimate of drug-likeness (QED) is 0.676. The molecule has 0 fully saturated rings. The van der Waals surface area contributed by atoms with E-state index in [-0.39, 0.29) is 5.57 Å². The summed E-state index contributed by atoms with van der Waals surface area (Å²) in [4.78, 5) is 12.5. The van der Waals surface area contributed by atoms with Crippen LogP contribution in [0.3, 0.4) is 0 Å². The predicted octanol–water partition coefficient (Wildman–Crippen LogP) is 4.21. The molecule has 0 heterocycles. The van der Waals surface area contributed by atoms with Gasteiger partial charge in [-0.1, -0.05) is 60.7 Å². The first kappa shape index (κ1) is 22.5. The van der Waals surface area contributed by atoms with E-state index in [1.165, 1.54) is 0 Å². The monoisotopic (exact) mass is 402 g/mol. The number of carbonyl (C=O) groups excluding carboxylic acids is 1. The van der Waals surface area contributed by atoms with Gasteiger partial charge in [0.1, 0.15) is 17.7 Å². The zero-order valence-electron chi connectivity index (χ0n) is 17.5. The van der Waals surface area contributed by atoms with E-state index in [2.05, 4.69) is 10.6 Å². The highest BCUT2D eigenvalue weighted by molar-refractivity contribution is 5.69.